The van der Waals surface area contributed by atoms with Crippen LogP contribution in [0.1, 0.15) is 29.1 Å². The Morgan fingerprint density at radius 1 is 1.14 bits per heavy atom. The van der Waals surface area contributed by atoms with Gasteiger partial charge in [0.25, 0.3) is 0 Å². The zero-order valence-corrected chi connectivity index (χ0v) is 14.3. The Kier molecular flexibility index (Phi) is 7.86. The number of rotatable bonds is 2. The number of para-hydroxylation sites is 1. The molecular formula is C18H22N2OS. The van der Waals surface area contributed by atoms with Crippen LogP contribution in [-0.4, -0.2) is 18.3 Å². The van der Waals surface area contributed by atoms with Crippen molar-refractivity contribution in [2.45, 2.75) is 20.8 Å². The highest BCUT2D eigenvalue weighted by Crippen LogP contribution is 2.19. The fraction of sp³-hybridized carbons (Fsp3) is 0.222. The molecule has 1 N–H and O–H groups in total. The minimum absolute atomic E-state index is 0.838. The summed E-state index contributed by atoms with van der Waals surface area (Å²) in [5.41, 5.74) is 3.18. The molecule has 2 aromatic heterocycles. The van der Waals surface area contributed by atoms with E-state index in [9.17, 15) is 4.79 Å². The number of hydrogen-bond acceptors (Lipinski definition) is 4. The van der Waals surface area contributed by atoms with E-state index in [2.05, 4.69) is 22.4 Å². The molecular weight excluding hydrogens is 292 g/mol. The van der Waals surface area contributed by atoms with Gasteiger partial charge in [-0.3, -0.25) is 9.78 Å². The van der Waals surface area contributed by atoms with E-state index < -0.39 is 0 Å². The third-order valence-electron chi connectivity index (χ3n) is 2.91. The van der Waals surface area contributed by atoms with Gasteiger partial charge in [-0.25, -0.2) is 0 Å². The van der Waals surface area contributed by atoms with Crippen molar-refractivity contribution in [3.8, 4) is 0 Å². The second-order valence-electron chi connectivity index (χ2n) is 4.22. The minimum Gasteiger partial charge on any atom is -0.386 e. The molecule has 0 aliphatic rings. The summed E-state index contributed by atoms with van der Waals surface area (Å²) in [7, 11) is 1.91. The molecule has 4 heteroatoms. The van der Waals surface area contributed by atoms with Crippen molar-refractivity contribution in [2.24, 2.45) is 0 Å². The molecule has 0 aliphatic heterocycles. The van der Waals surface area contributed by atoms with Gasteiger partial charge in [0.05, 0.1) is 16.1 Å². The third-order valence-corrected chi connectivity index (χ3v) is 3.86. The van der Waals surface area contributed by atoms with Gasteiger partial charge in [0.1, 0.15) is 0 Å². The predicted molar refractivity (Wildman–Crippen MR) is 97.1 cm³/mol. The van der Waals surface area contributed by atoms with Gasteiger partial charge in [0, 0.05) is 18.6 Å². The van der Waals surface area contributed by atoms with Crippen molar-refractivity contribution < 1.29 is 4.79 Å². The Bertz CT molecular complexity index is 702. The number of thiophene rings is 1. The maximum atomic E-state index is 10.1. The molecule has 0 saturated carbocycles. The van der Waals surface area contributed by atoms with E-state index in [1.165, 1.54) is 16.7 Å². The average Bonchev–Trinajstić information content (AvgIpc) is 3.02. The number of carbonyl (C=O) groups excluding carboxylic acids is 1. The Balaban J connectivity index is 0.000000211. The summed E-state index contributed by atoms with van der Waals surface area (Å²) in [5, 5.41) is 6.19. The highest BCUT2D eigenvalue weighted by molar-refractivity contribution is 7.11. The van der Waals surface area contributed by atoms with E-state index in [0.29, 0.717) is 0 Å². The molecule has 3 aromatic rings. The molecule has 3 nitrogen and oxygen atoms in total. The Morgan fingerprint density at radius 3 is 2.41 bits per heavy atom. The summed E-state index contributed by atoms with van der Waals surface area (Å²) in [4.78, 5) is 15.2. The van der Waals surface area contributed by atoms with Gasteiger partial charge in [0.2, 0.25) is 0 Å². The van der Waals surface area contributed by atoms with Crippen LogP contribution in [0.3, 0.4) is 0 Å². The van der Waals surface area contributed by atoms with Crippen LogP contribution in [0.15, 0.2) is 48.0 Å². The summed E-state index contributed by atoms with van der Waals surface area (Å²) in [6, 6.07) is 12.0. The zero-order chi connectivity index (χ0) is 16.4. The number of aromatic nitrogens is 1. The monoisotopic (exact) mass is 314 g/mol. The molecule has 0 bridgehead atoms. The smallest absolute Gasteiger partial charge is 0.160 e. The number of fused-ring (bicyclic) bond motifs is 1. The van der Waals surface area contributed by atoms with Gasteiger partial charge in [-0.1, -0.05) is 32.0 Å². The first kappa shape index (κ1) is 17.9. The van der Waals surface area contributed by atoms with E-state index in [-0.39, 0.29) is 0 Å². The molecule has 116 valence electrons. The Labute approximate surface area is 136 Å². The first-order valence-electron chi connectivity index (χ1n) is 7.27. The van der Waals surface area contributed by atoms with Crippen molar-refractivity contribution in [2.75, 3.05) is 12.4 Å². The molecule has 0 atom stereocenters. The molecule has 0 fully saturated rings. The number of aryl methyl sites for hydroxylation is 1. The highest BCUT2D eigenvalue weighted by Gasteiger charge is 1.97. The largest absolute Gasteiger partial charge is 0.386 e. The molecule has 0 aliphatic carbocycles. The van der Waals surface area contributed by atoms with Crippen LogP contribution in [0, 0.1) is 6.92 Å². The van der Waals surface area contributed by atoms with Crippen LogP contribution in [0.5, 0.6) is 0 Å². The van der Waals surface area contributed by atoms with E-state index in [0.717, 1.165) is 27.9 Å². The van der Waals surface area contributed by atoms with Crippen molar-refractivity contribution in [1.82, 2.24) is 4.98 Å². The standard InChI is InChI=1S/C10H10N2.C6H6OS.C2H6/c1-11-9-6-2-4-8-5-3-7-12-10(8)9;1-5-2-3-8-6(5)4-7;1-2/h2-7,11H,1H3;2-4H,1H3;1-2H3. The second-order valence-corrected chi connectivity index (χ2v) is 5.16. The maximum absolute atomic E-state index is 10.1. The highest BCUT2D eigenvalue weighted by atomic mass is 32.1. The number of benzene rings is 1. The van der Waals surface area contributed by atoms with Gasteiger partial charge in [0.15, 0.2) is 6.29 Å². The Hall–Kier alpha value is -2.20. The minimum atomic E-state index is 0.838. The first-order chi connectivity index (χ1) is 10.8. The number of anilines is 1. The molecule has 22 heavy (non-hydrogen) atoms. The van der Waals surface area contributed by atoms with Crippen LogP contribution in [0.2, 0.25) is 0 Å². The summed E-state index contributed by atoms with van der Waals surface area (Å²) in [6.07, 6.45) is 2.70. The lowest BCUT2D eigenvalue weighted by Gasteiger charge is -2.02. The Morgan fingerprint density at radius 2 is 1.86 bits per heavy atom. The van der Waals surface area contributed by atoms with Crippen LogP contribution >= 0.6 is 11.3 Å². The fourth-order valence-corrected chi connectivity index (χ4v) is 2.54. The molecule has 0 saturated heterocycles. The van der Waals surface area contributed by atoms with Crippen LogP contribution in [-0.2, 0) is 0 Å². The molecule has 0 spiro atoms. The number of hydrogen-bond donors (Lipinski definition) is 1. The van der Waals surface area contributed by atoms with E-state index in [1.54, 1.807) is 0 Å². The number of pyridine rings is 1. The SMILES string of the molecule is CC.CNc1cccc2cccnc12.Cc1ccsc1C=O. The number of nitrogens with one attached hydrogen (secondary N) is 1. The lowest BCUT2D eigenvalue weighted by atomic mass is 10.2. The van der Waals surface area contributed by atoms with Crippen molar-refractivity contribution in [3.05, 3.63) is 58.4 Å². The lowest BCUT2D eigenvalue weighted by Crippen LogP contribution is -1.90. The first-order valence-corrected chi connectivity index (χ1v) is 8.15. The van der Waals surface area contributed by atoms with Gasteiger partial charge < -0.3 is 5.32 Å². The van der Waals surface area contributed by atoms with Gasteiger partial charge in [-0.15, -0.1) is 11.3 Å². The van der Waals surface area contributed by atoms with Crippen molar-refractivity contribution in [3.63, 3.8) is 0 Å². The predicted octanol–water partition coefficient (Wildman–Crippen LogP) is 5.17. The van der Waals surface area contributed by atoms with Gasteiger partial charge in [-0.2, -0.15) is 0 Å². The summed E-state index contributed by atoms with van der Waals surface area (Å²) in [5.74, 6) is 0. The molecule has 0 unspecified atom stereocenters. The number of nitrogens with zero attached hydrogens (tertiary/aromatic N) is 1. The molecule has 0 radical (unpaired) electrons. The molecule has 2 heterocycles. The summed E-state index contributed by atoms with van der Waals surface area (Å²) >= 11 is 1.48. The quantitative estimate of drug-likeness (QED) is 0.663. The molecule has 1 aromatic carbocycles. The molecule has 3 rings (SSSR count). The average molecular weight is 314 g/mol. The fourth-order valence-electron chi connectivity index (χ4n) is 1.81. The topological polar surface area (TPSA) is 42.0 Å². The van der Waals surface area contributed by atoms with Gasteiger partial charge in [-0.05, 0) is 36.1 Å². The second kappa shape index (κ2) is 9.68. The van der Waals surface area contributed by atoms with Crippen molar-refractivity contribution in [1.29, 1.82) is 0 Å². The third kappa shape index (κ3) is 4.67. The van der Waals surface area contributed by atoms with Crippen LogP contribution in [0.4, 0.5) is 5.69 Å². The van der Waals surface area contributed by atoms with E-state index in [4.69, 9.17) is 0 Å². The van der Waals surface area contributed by atoms with Crippen LogP contribution in [0.25, 0.3) is 10.9 Å². The lowest BCUT2D eigenvalue weighted by molar-refractivity contribution is 0.112. The molecule has 0 amide bonds. The van der Waals surface area contributed by atoms with Gasteiger partial charge >= 0.3 is 0 Å². The van der Waals surface area contributed by atoms with E-state index >= 15 is 0 Å². The zero-order valence-electron chi connectivity index (χ0n) is 13.5. The summed E-state index contributed by atoms with van der Waals surface area (Å²) in [6.45, 7) is 5.93. The number of aldehydes is 1. The van der Waals surface area contributed by atoms with Crippen molar-refractivity contribution >= 4 is 34.2 Å². The summed E-state index contributed by atoms with van der Waals surface area (Å²) < 4.78 is 0. The van der Waals surface area contributed by atoms with Crippen LogP contribution < -0.4 is 5.32 Å². The number of carbonyl (C=O) groups is 1. The normalized spacial score (nSPS) is 9.09. The maximum Gasteiger partial charge on any atom is 0.160 e. The van der Waals surface area contributed by atoms with E-state index in [1.807, 2.05) is 63.7 Å².